The van der Waals surface area contributed by atoms with Crippen LogP contribution in [0, 0.1) is 5.92 Å². The van der Waals surface area contributed by atoms with Crippen LogP contribution in [0.4, 0.5) is 4.39 Å². The van der Waals surface area contributed by atoms with Gasteiger partial charge in [0, 0.05) is 37.1 Å². The molecule has 5 unspecified atom stereocenters. The highest BCUT2D eigenvalue weighted by Gasteiger charge is 2.43. The Bertz CT molecular complexity index is 384. The molecule has 2 aliphatic heterocycles. The minimum Gasteiger partial charge on any atom is -0.481 e. The summed E-state index contributed by atoms with van der Waals surface area (Å²) in [5.41, 5.74) is 0. The minimum atomic E-state index is -0.949. The molecule has 2 saturated heterocycles. The van der Waals surface area contributed by atoms with Gasteiger partial charge in [0.05, 0.1) is 12.5 Å². The molecule has 114 valence electrons. The third-order valence-electron chi connectivity index (χ3n) is 3.74. The number of carbonyl (C=O) groups is 2. The molecule has 2 heterocycles. The van der Waals surface area contributed by atoms with Gasteiger partial charge in [-0.15, -0.1) is 0 Å². The van der Waals surface area contributed by atoms with Crippen molar-refractivity contribution in [1.82, 2.24) is 10.6 Å². The number of fused-ring (bicyclic) bond motifs is 1. The zero-order chi connectivity index (χ0) is 14.7. The molecule has 1 amide bonds. The lowest BCUT2D eigenvalue weighted by Gasteiger charge is -2.43. The number of hydrogen-bond acceptors (Lipinski definition) is 5. The van der Waals surface area contributed by atoms with E-state index in [4.69, 9.17) is 9.29 Å². The molecule has 2 fully saturated rings. The van der Waals surface area contributed by atoms with Crippen LogP contribution in [-0.4, -0.2) is 53.6 Å². The first-order valence-electron chi connectivity index (χ1n) is 6.68. The Morgan fingerprint density at radius 3 is 3.00 bits per heavy atom. The number of halogens is 1. The molecule has 0 aliphatic carbocycles. The quantitative estimate of drug-likeness (QED) is 0.649. The fraction of sp³-hybridized carbons (Fsp3) is 0.833. The normalized spacial score (nSPS) is 37.0. The second kappa shape index (κ2) is 6.73. The molecule has 5 atom stereocenters. The van der Waals surface area contributed by atoms with Crippen molar-refractivity contribution >= 4 is 23.9 Å². The van der Waals surface area contributed by atoms with E-state index in [1.165, 1.54) is 0 Å². The van der Waals surface area contributed by atoms with Gasteiger partial charge in [-0.2, -0.15) is 0 Å². The topological polar surface area (TPSA) is 87.7 Å². The summed E-state index contributed by atoms with van der Waals surface area (Å²) in [6.45, 7) is 2.20. The van der Waals surface area contributed by atoms with E-state index in [0.717, 1.165) is 12.0 Å². The minimum absolute atomic E-state index is 0.0338. The zero-order valence-corrected chi connectivity index (χ0v) is 12.0. The highest BCUT2D eigenvalue weighted by molar-refractivity contribution is 7.96. The van der Waals surface area contributed by atoms with Crippen LogP contribution in [0.1, 0.15) is 19.8 Å². The van der Waals surface area contributed by atoms with E-state index in [2.05, 4.69) is 10.6 Å². The molecule has 20 heavy (non-hydrogen) atoms. The molecule has 0 aromatic heterocycles. The number of carbonyl (C=O) groups excluding carboxylic acids is 1. The molecule has 0 aromatic carbocycles. The Morgan fingerprint density at radius 2 is 2.30 bits per heavy atom. The van der Waals surface area contributed by atoms with Gasteiger partial charge in [0.2, 0.25) is 5.91 Å². The SMILES string of the molecule is CC1C(F)CNC2CC(C(=O)NCCC(=O)O)SOC21. The summed E-state index contributed by atoms with van der Waals surface area (Å²) in [7, 11) is 0. The maximum atomic E-state index is 13.6. The Balaban J connectivity index is 1.82. The predicted octanol–water partition coefficient (Wildman–Crippen LogP) is 0.329. The molecule has 2 rings (SSSR count). The molecular weight excluding hydrogens is 287 g/mol. The summed E-state index contributed by atoms with van der Waals surface area (Å²) in [4.78, 5) is 22.3. The first kappa shape index (κ1) is 15.5. The number of aliphatic carboxylic acids is 1. The summed E-state index contributed by atoms with van der Waals surface area (Å²) in [5.74, 6) is -1.37. The smallest absolute Gasteiger partial charge is 0.305 e. The summed E-state index contributed by atoms with van der Waals surface area (Å²) in [6, 6.07) is -0.0338. The molecule has 0 aromatic rings. The second-order valence-corrected chi connectivity index (χ2v) is 6.16. The molecule has 0 radical (unpaired) electrons. The monoisotopic (exact) mass is 306 g/mol. The standard InChI is InChI=1S/C12H19FN2O4S/c1-6-7(13)5-15-8-4-9(20-19-11(6)8)12(18)14-3-2-10(16)17/h6-9,11,15H,2-5H2,1H3,(H,14,18)(H,16,17). The van der Waals surface area contributed by atoms with Gasteiger partial charge in [-0.1, -0.05) is 6.92 Å². The largest absolute Gasteiger partial charge is 0.481 e. The van der Waals surface area contributed by atoms with Crippen LogP contribution in [0.5, 0.6) is 0 Å². The first-order chi connectivity index (χ1) is 9.49. The summed E-state index contributed by atoms with van der Waals surface area (Å²) in [5, 5.41) is 13.8. The van der Waals surface area contributed by atoms with Crippen molar-refractivity contribution in [3.63, 3.8) is 0 Å². The van der Waals surface area contributed by atoms with Gasteiger partial charge in [0.1, 0.15) is 11.4 Å². The Kier molecular flexibility index (Phi) is 5.22. The van der Waals surface area contributed by atoms with Crippen LogP contribution in [0.15, 0.2) is 0 Å². The van der Waals surface area contributed by atoms with Crippen molar-refractivity contribution < 1.29 is 23.3 Å². The highest BCUT2D eigenvalue weighted by Crippen LogP contribution is 2.35. The first-order valence-corrected chi connectivity index (χ1v) is 7.48. The van der Waals surface area contributed by atoms with Gasteiger partial charge in [-0.25, -0.2) is 4.39 Å². The van der Waals surface area contributed by atoms with Gasteiger partial charge in [-0.05, 0) is 6.42 Å². The molecule has 0 bridgehead atoms. The van der Waals surface area contributed by atoms with Gasteiger partial charge >= 0.3 is 5.97 Å². The number of piperidine rings is 1. The fourth-order valence-corrected chi connectivity index (χ4v) is 3.50. The van der Waals surface area contributed by atoms with Crippen molar-refractivity contribution in [2.75, 3.05) is 13.1 Å². The Hall–Kier alpha value is -0.860. The van der Waals surface area contributed by atoms with Gasteiger partial charge < -0.3 is 19.9 Å². The lowest BCUT2D eigenvalue weighted by atomic mass is 9.87. The van der Waals surface area contributed by atoms with Crippen molar-refractivity contribution in [2.45, 2.75) is 43.3 Å². The number of amides is 1. The van der Waals surface area contributed by atoms with Crippen LogP contribution in [0.2, 0.25) is 0 Å². The fourth-order valence-electron chi connectivity index (χ4n) is 2.47. The van der Waals surface area contributed by atoms with Crippen LogP contribution in [0.25, 0.3) is 0 Å². The maximum absolute atomic E-state index is 13.6. The Morgan fingerprint density at radius 1 is 1.55 bits per heavy atom. The average Bonchev–Trinajstić information content (AvgIpc) is 2.42. The average molecular weight is 306 g/mol. The van der Waals surface area contributed by atoms with E-state index in [9.17, 15) is 14.0 Å². The summed E-state index contributed by atoms with van der Waals surface area (Å²) < 4.78 is 19.1. The number of alkyl halides is 1. The number of hydrogen-bond donors (Lipinski definition) is 3. The van der Waals surface area contributed by atoms with Crippen LogP contribution < -0.4 is 10.6 Å². The molecule has 3 N–H and O–H groups in total. The van der Waals surface area contributed by atoms with Crippen molar-refractivity contribution in [2.24, 2.45) is 5.92 Å². The molecule has 2 aliphatic rings. The van der Waals surface area contributed by atoms with E-state index < -0.39 is 12.1 Å². The number of carboxylic acids is 1. The van der Waals surface area contributed by atoms with Crippen LogP contribution >= 0.6 is 12.0 Å². The van der Waals surface area contributed by atoms with E-state index in [1.54, 1.807) is 0 Å². The van der Waals surface area contributed by atoms with Gasteiger partial charge in [-0.3, -0.25) is 9.59 Å². The van der Waals surface area contributed by atoms with E-state index in [-0.39, 0.29) is 48.7 Å². The number of rotatable bonds is 4. The lowest BCUT2D eigenvalue weighted by molar-refractivity contribution is -0.136. The number of nitrogens with one attached hydrogen (secondary N) is 2. The molecule has 6 nitrogen and oxygen atoms in total. The van der Waals surface area contributed by atoms with Gasteiger partial charge in [0.25, 0.3) is 0 Å². The van der Waals surface area contributed by atoms with E-state index in [1.807, 2.05) is 6.92 Å². The van der Waals surface area contributed by atoms with Gasteiger partial charge in [0.15, 0.2) is 0 Å². The van der Waals surface area contributed by atoms with Crippen molar-refractivity contribution in [3.8, 4) is 0 Å². The second-order valence-electron chi connectivity index (χ2n) is 5.21. The van der Waals surface area contributed by atoms with E-state index in [0.29, 0.717) is 6.42 Å². The summed E-state index contributed by atoms with van der Waals surface area (Å²) >= 11 is 1.06. The lowest BCUT2D eigenvalue weighted by Crippen LogP contribution is -2.58. The highest BCUT2D eigenvalue weighted by atomic mass is 32.2. The van der Waals surface area contributed by atoms with Crippen LogP contribution in [-0.2, 0) is 13.8 Å². The zero-order valence-electron chi connectivity index (χ0n) is 11.2. The maximum Gasteiger partial charge on any atom is 0.305 e. The predicted molar refractivity (Wildman–Crippen MR) is 72.0 cm³/mol. The van der Waals surface area contributed by atoms with Crippen LogP contribution in [0.3, 0.4) is 0 Å². The molecule has 0 saturated carbocycles. The van der Waals surface area contributed by atoms with Crippen molar-refractivity contribution in [3.05, 3.63) is 0 Å². The van der Waals surface area contributed by atoms with E-state index >= 15 is 0 Å². The summed E-state index contributed by atoms with van der Waals surface area (Å²) in [6.07, 6.45) is -0.704. The molecule has 8 heteroatoms. The molecular formula is C12H19FN2O4S. The number of carboxylic acid groups (broad SMARTS) is 1. The van der Waals surface area contributed by atoms with Crippen molar-refractivity contribution in [1.29, 1.82) is 0 Å². The Labute approximate surface area is 121 Å². The third kappa shape index (κ3) is 3.62. The molecule has 0 spiro atoms. The third-order valence-corrected chi connectivity index (χ3v) is 4.71.